The van der Waals surface area contributed by atoms with Crippen molar-refractivity contribution in [1.82, 2.24) is 4.98 Å². The number of nitrogens with one attached hydrogen (secondary N) is 1. The van der Waals surface area contributed by atoms with Gasteiger partial charge >= 0.3 is 0 Å². The van der Waals surface area contributed by atoms with Gasteiger partial charge < -0.3 is 4.42 Å². The monoisotopic (exact) mass is 534 g/mol. The van der Waals surface area contributed by atoms with E-state index in [4.69, 9.17) is 4.42 Å². The molecule has 2 aromatic heterocycles. The number of thiazole rings is 1. The molecule has 0 saturated heterocycles. The van der Waals surface area contributed by atoms with E-state index < -0.39 is 10.8 Å². The maximum Gasteiger partial charge on any atom is 0.269 e. The Balaban J connectivity index is 1.43. The Bertz CT molecular complexity index is 1420. The molecule has 34 heavy (non-hydrogen) atoms. The summed E-state index contributed by atoms with van der Waals surface area (Å²) in [5.41, 5.74) is 1.58. The number of carbonyl (C=O) groups is 1. The highest BCUT2D eigenvalue weighted by Crippen LogP contribution is 2.26. The van der Waals surface area contributed by atoms with Crippen molar-refractivity contribution in [3.8, 4) is 17.4 Å². The van der Waals surface area contributed by atoms with E-state index in [-0.39, 0.29) is 11.3 Å². The van der Waals surface area contributed by atoms with E-state index in [0.29, 0.717) is 28.6 Å². The molecule has 1 N–H and O–H groups in total. The number of rotatable bonds is 7. The molecule has 2 heterocycles. The number of aromatic nitrogens is 1. The second kappa shape index (κ2) is 10.2. The number of benzene rings is 2. The number of nitrogens with zero attached hydrogens (tertiary/aromatic N) is 3. The van der Waals surface area contributed by atoms with E-state index in [1.807, 2.05) is 30.3 Å². The summed E-state index contributed by atoms with van der Waals surface area (Å²) in [7, 11) is 0. The Kier molecular flexibility index (Phi) is 6.96. The number of furan rings is 1. The van der Waals surface area contributed by atoms with Gasteiger partial charge in [-0.25, -0.2) is 4.98 Å². The molecule has 4 aromatic rings. The number of nitro benzene ring substituents is 1. The van der Waals surface area contributed by atoms with Crippen LogP contribution in [-0.2, 0) is 11.2 Å². The maximum atomic E-state index is 12.6. The quantitative estimate of drug-likeness (QED) is 0.130. The van der Waals surface area contributed by atoms with Crippen molar-refractivity contribution in [2.24, 2.45) is 0 Å². The second-order valence-electron chi connectivity index (χ2n) is 7.06. The molecule has 0 aliphatic heterocycles. The van der Waals surface area contributed by atoms with E-state index >= 15 is 0 Å². The third-order valence-electron chi connectivity index (χ3n) is 4.71. The van der Waals surface area contributed by atoms with E-state index in [0.717, 1.165) is 14.9 Å². The molecular formula is C24H15BrN4O4S. The Hall–Kier alpha value is -4.07. The highest BCUT2D eigenvalue weighted by molar-refractivity contribution is 9.10. The number of nitro groups is 1. The summed E-state index contributed by atoms with van der Waals surface area (Å²) in [5, 5.41) is 23.3. The van der Waals surface area contributed by atoms with Crippen LogP contribution < -0.4 is 5.32 Å². The van der Waals surface area contributed by atoms with Crippen molar-refractivity contribution in [2.75, 3.05) is 5.32 Å². The number of hydrogen-bond acceptors (Lipinski definition) is 7. The number of carbonyl (C=O) groups excluding carboxylic acids is 1. The second-order valence-corrected chi connectivity index (χ2v) is 9.10. The number of nitriles is 1. The van der Waals surface area contributed by atoms with Crippen molar-refractivity contribution in [3.63, 3.8) is 0 Å². The standard InChI is InChI=1S/C24H15BrN4O4S/c25-18-5-1-15(2-6-18)11-21-14-27-24(34-21)28-23(30)17(13-26)12-20-9-10-22(33-20)16-3-7-19(8-4-16)29(31)32/h1-10,12,14H,11H2,(H,27,28,30). The molecule has 0 aliphatic carbocycles. The molecule has 168 valence electrons. The van der Waals surface area contributed by atoms with E-state index in [2.05, 4.69) is 26.2 Å². The van der Waals surface area contributed by atoms with Gasteiger partial charge in [0.15, 0.2) is 5.13 Å². The third-order valence-corrected chi connectivity index (χ3v) is 6.15. The first-order chi connectivity index (χ1) is 16.4. The highest BCUT2D eigenvalue weighted by Gasteiger charge is 2.14. The van der Waals surface area contributed by atoms with Gasteiger partial charge in [0, 0.05) is 45.7 Å². The van der Waals surface area contributed by atoms with Gasteiger partial charge in [0.25, 0.3) is 11.6 Å². The fraction of sp³-hybridized carbons (Fsp3) is 0.0417. The number of halogens is 1. The first-order valence-corrected chi connectivity index (χ1v) is 11.5. The van der Waals surface area contributed by atoms with Gasteiger partial charge in [-0.05, 0) is 42.0 Å². The predicted octanol–water partition coefficient (Wildman–Crippen LogP) is 6.21. The summed E-state index contributed by atoms with van der Waals surface area (Å²) in [4.78, 5) is 28.1. The topological polar surface area (TPSA) is 122 Å². The molecule has 10 heteroatoms. The molecule has 0 saturated carbocycles. The smallest absolute Gasteiger partial charge is 0.269 e. The third kappa shape index (κ3) is 5.64. The molecular weight excluding hydrogens is 520 g/mol. The van der Waals surface area contributed by atoms with E-state index in [1.54, 1.807) is 30.5 Å². The number of anilines is 1. The lowest BCUT2D eigenvalue weighted by Crippen LogP contribution is -2.13. The van der Waals surface area contributed by atoms with Crippen molar-refractivity contribution in [2.45, 2.75) is 6.42 Å². The first-order valence-electron chi connectivity index (χ1n) is 9.88. The van der Waals surface area contributed by atoms with Gasteiger partial charge in [0.1, 0.15) is 23.2 Å². The lowest BCUT2D eigenvalue weighted by molar-refractivity contribution is -0.384. The summed E-state index contributed by atoms with van der Waals surface area (Å²) >= 11 is 4.74. The van der Waals surface area contributed by atoms with Crippen molar-refractivity contribution in [1.29, 1.82) is 5.26 Å². The van der Waals surface area contributed by atoms with Crippen LogP contribution in [0.3, 0.4) is 0 Å². The summed E-state index contributed by atoms with van der Waals surface area (Å²) in [6, 6.07) is 19.0. The van der Waals surface area contributed by atoms with Crippen LogP contribution in [-0.4, -0.2) is 15.8 Å². The van der Waals surface area contributed by atoms with E-state index in [9.17, 15) is 20.2 Å². The fourth-order valence-corrected chi connectivity index (χ4v) is 4.14. The lowest BCUT2D eigenvalue weighted by Gasteiger charge is -2.00. The van der Waals surface area contributed by atoms with Crippen LogP contribution in [0.1, 0.15) is 16.2 Å². The van der Waals surface area contributed by atoms with Gasteiger partial charge in [0.2, 0.25) is 0 Å². The van der Waals surface area contributed by atoms with Crippen LogP contribution in [0, 0.1) is 21.4 Å². The molecule has 8 nitrogen and oxygen atoms in total. The van der Waals surface area contributed by atoms with Crippen LogP contribution in [0.4, 0.5) is 10.8 Å². The average Bonchev–Trinajstić information content (AvgIpc) is 3.48. The molecule has 0 fully saturated rings. The van der Waals surface area contributed by atoms with Crippen molar-refractivity contribution < 1.29 is 14.1 Å². The zero-order valence-electron chi connectivity index (χ0n) is 17.4. The molecule has 0 radical (unpaired) electrons. The summed E-state index contributed by atoms with van der Waals surface area (Å²) in [6.07, 6.45) is 3.71. The minimum absolute atomic E-state index is 0.0268. The minimum atomic E-state index is -0.597. The van der Waals surface area contributed by atoms with Crippen molar-refractivity contribution in [3.05, 3.63) is 103 Å². The van der Waals surface area contributed by atoms with Gasteiger partial charge in [-0.2, -0.15) is 5.26 Å². The summed E-state index contributed by atoms with van der Waals surface area (Å²) in [6.45, 7) is 0. The summed E-state index contributed by atoms with van der Waals surface area (Å²) in [5.74, 6) is 0.159. The van der Waals surface area contributed by atoms with Crippen LogP contribution in [0.25, 0.3) is 17.4 Å². The fourth-order valence-electron chi connectivity index (χ4n) is 3.04. The molecule has 0 spiro atoms. The van der Waals surface area contributed by atoms with Gasteiger partial charge in [-0.15, -0.1) is 11.3 Å². The van der Waals surface area contributed by atoms with Gasteiger partial charge in [-0.1, -0.05) is 28.1 Å². The number of non-ortho nitro benzene ring substituents is 1. The Morgan fingerprint density at radius 3 is 2.59 bits per heavy atom. The minimum Gasteiger partial charge on any atom is -0.457 e. The molecule has 0 unspecified atom stereocenters. The zero-order chi connectivity index (χ0) is 24.1. The maximum absolute atomic E-state index is 12.6. The molecule has 1 amide bonds. The normalized spacial score (nSPS) is 11.1. The first kappa shape index (κ1) is 23.1. The molecule has 0 aliphatic rings. The lowest BCUT2D eigenvalue weighted by atomic mass is 10.1. The predicted molar refractivity (Wildman–Crippen MR) is 132 cm³/mol. The number of hydrogen-bond donors (Lipinski definition) is 1. The average molecular weight is 535 g/mol. The Morgan fingerprint density at radius 2 is 1.91 bits per heavy atom. The van der Waals surface area contributed by atoms with Crippen LogP contribution in [0.2, 0.25) is 0 Å². The van der Waals surface area contributed by atoms with E-state index in [1.165, 1.54) is 29.5 Å². The van der Waals surface area contributed by atoms with Crippen molar-refractivity contribution >= 4 is 50.1 Å². The van der Waals surface area contributed by atoms with Crippen LogP contribution in [0.5, 0.6) is 0 Å². The zero-order valence-corrected chi connectivity index (χ0v) is 19.8. The molecule has 2 aromatic carbocycles. The summed E-state index contributed by atoms with van der Waals surface area (Å²) < 4.78 is 6.69. The highest BCUT2D eigenvalue weighted by atomic mass is 79.9. The van der Waals surface area contributed by atoms with Gasteiger partial charge in [0.05, 0.1) is 4.92 Å². The SMILES string of the molecule is N#CC(=Cc1ccc(-c2ccc([N+](=O)[O-])cc2)o1)C(=O)Nc1ncc(Cc2ccc(Br)cc2)s1. The molecule has 0 bridgehead atoms. The van der Waals surface area contributed by atoms with Crippen LogP contribution >= 0.6 is 27.3 Å². The molecule has 4 rings (SSSR count). The van der Waals surface area contributed by atoms with Crippen LogP contribution in [0.15, 0.2) is 81.3 Å². The number of amides is 1. The largest absolute Gasteiger partial charge is 0.457 e. The molecule has 0 atom stereocenters. The van der Waals surface area contributed by atoms with Gasteiger partial charge in [-0.3, -0.25) is 20.2 Å². The Labute approximate surface area is 206 Å². The Morgan fingerprint density at radius 1 is 1.18 bits per heavy atom.